The van der Waals surface area contributed by atoms with Gasteiger partial charge in [0, 0.05) is 31.6 Å². The van der Waals surface area contributed by atoms with E-state index in [0.29, 0.717) is 6.42 Å². The largest absolute Gasteiger partial charge is 0.352 e. The van der Waals surface area contributed by atoms with Crippen molar-refractivity contribution in [2.45, 2.75) is 65.1 Å². The Balaban J connectivity index is 2.21. The number of amides is 2. The predicted molar refractivity (Wildman–Crippen MR) is 137 cm³/mol. The van der Waals surface area contributed by atoms with Gasteiger partial charge in [-0.3, -0.25) is 13.9 Å². The van der Waals surface area contributed by atoms with Crippen molar-refractivity contribution in [3.63, 3.8) is 0 Å². The van der Waals surface area contributed by atoms with Gasteiger partial charge in [0.25, 0.3) is 0 Å². The normalized spacial score (nSPS) is 13.1. The van der Waals surface area contributed by atoms with Crippen LogP contribution in [0.25, 0.3) is 0 Å². The maximum Gasteiger partial charge on any atom is 0.243 e. The van der Waals surface area contributed by atoms with Crippen LogP contribution < -0.4 is 9.62 Å². The highest BCUT2D eigenvalue weighted by Crippen LogP contribution is 2.22. The van der Waals surface area contributed by atoms with E-state index in [-0.39, 0.29) is 49.5 Å². The molecule has 0 saturated carbocycles. The predicted octanol–water partition coefficient (Wildman–Crippen LogP) is 4.23. The summed E-state index contributed by atoms with van der Waals surface area (Å²) < 4.78 is 52.6. The Morgan fingerprint density at radius 1 is 1.00 bits per heavy atom. The average Bonchev–Trinajstić information content (AvgIpc) is 2.83. The lowest BCUT2D eigenvalue weighted by atomic mass is 10.1. The maximum atomic E-state index is 13.7. The highest BCUT2D eigenvalue weighted by Gasteiger charge is 2.29. The summed E-state index contributed by atoms with van der Waals surface area (Å²) in [5.41, 5.74) is 0.838. The smallest absolute Gasteiger partial charge is 0.243 e. The zero-order valence-electron chi connectivity index (χ0n) is 21.2. The molecule has 0 radical (unpaired) electrons. The molecule has 0 bridgehead atoms. The highest BCUT2D eigenvalue weighted by atomic mass is 32.2. The molecule has 2 amide bonds. The van der Waals surface area contributed by atoms with E-state index in [1.807, 2.05) is 51.1 Å². The van der Waals surface area contributed by atoms with Gasteiger partial charge in [0.15, 0.2) is 11.6 Å². The Kier molecular flexibility index (Phi) is 10.8. The van der Waals surface area contributed by atoms with Crippen LogP contribution in [-0.4, -0.2) is 50.0 Å². The molecule has 0 saturated heterocycles. The molecular weight excluding hydrogens is 488 g/mol. The van der Waals surface area contributed by atoms with Crippen molar-refractivity contribution in [1.82, 2.24) is 10.2 Å². The summed E-state index contributed by atoms with van der Waals surface area (Å²) in [6.45, 7) is 5.81. The first kappa shape index (κ1) is 29.2. The first-order valence-electron chi connectivity index (χ1n) is 12.0. The molecule has 2 atom stereocenters. The van der Waals surface area contributed by atoms with Crippen molar-refractivity contribution in [3.05, 3.63) is 65.7 Å². The van der Waals surface area contributed by atoms with Crippen LogP contribution in [0.4, 0.5) is 14.5 Å². The van der Waals surface area contributed by atoms with E-state index < -0.39 is 27.7 Å². The standard InChI is InChI=1S/C26H35F2N3O4S/c1-5-19(3)29-26(33)24(6-2)30(18-20-11-8-7-9-12-20)25(32)13-10-16-31(36(4,34)35)21-14-15-22(27)23(28)17-21/h7-9,11-12,14-15,17,19,24H,5-6,10,13,16,18H2,1-4H3,(H,29,33). The first-order valence-corrected chi connectivity index (χ1v) is 13.9. The van der Waals surface area contributed by atoms with Crippen molar-refractivity contribution in [2.75, 3.05) is 17.1 Å². The lowest BCUT2D eigenvalue weighted by molar-refractivity contribution is -0.141. The summed E-state index contributed by atoms with van der Waals surface area (Å²) >= 11 is 0. The number of rotatable bonds is 13. The third kappa shape index (κ3) is 8.29. The molecule has 10 heteroatoms. The average molecular weight is 524 g/mol. The number of sulfonamides is 1. The number of carbonyl (C=O) groups is 2. The molecule has 198 valence electrons. The van der Waals surface area contributed by atoms with Crippen molar-refractivity contribution >= 4 is 27.5 Å². The molecule has 2 rings (SSSR count). The summed E-state index contributed by atoms with van der Waals surface area (Å²) in [5.74, 6) is -2.79. The van der Waals surface area contributed by atoms with Crippen molar-refractivity contribution in [2.24, 2.45) is 0 Å². The van der Waals surface area contributed by atoms with E-state index in [4.69, 9.17) is 0 Å². The molecule has 2 aromatic rings. The Bertz CT molecular complexity index is 1130. The number of hydrogen-bond acceptors (Lipinski definition) is 4. The second-order valence-corrected chi connectivity index (χ2v) is 10.7. The topological polar surface area (TPSA) is 86.8 Å². The van der Waals surface area contributed by atoms with Gasteiger partial charge in [-0.15, -0.1) is 0 Å². The van der Waals surface area contributed by atoms with Crippen molar-refractivity contribution < 1.29 is 26.8 Å². The number of nitrogens with zero attached hydrogens (tertiary/aromatic N) is 2. The SMILES string of the molecule is CCC(C)NC(=O)C(CC)N(Cc1ccccc1)C(=O)CCCN(c1ccc(F)c(F)c1)S(C)(=O)=O. The summed E-state index contributed by atoms with van der Waals surface area (Å²) in [7, 11) is -3.81. The van der Waals surface area contributed by atoms with E-state index >= 15 is 0 Å². The van der Waals surface area contributed by atoms with Crippen LogP contribution >= 0.6 is 0 Å². The molecular formula is C26H35F2N3O4S. The minimum Gasteiger partial charge on any atom is -0.352 e. The van der Waals surface area contributed by atoms with E-state index in [0.717, 1.165) is 34.7 Å². The van der Waals surface area contributed by atoms with Crippen LogP contribution in [0.15, 0.2) is 48.5 Å². The van der Waals surface area contributed by atoms with Gasteiger partial charge >= 0.3 is 0 Å². The van der Waals surface area contributed by atoms with E-state index in [1.165, 1.54) is 11.0 Å². The van der Waals surface area contributed by atoms with Crippen LogP contribution in [0.3, 0.4) is 0 Å². The lowest BCUT2D eigenvalue weighted by Crippen LogP contribution is -2.50. The summed E-state index contributed by atoms with van der Waals surface area (Å²) in [6, 6.07) is 11.4. The minimum atomic E-state index is -3.81. The van der Waals surface area contributed by atoms with Gasteiger partial charge in [0.2, 0.25) is 21.8 Å². The molecule has 0 aliphatic carbocycles. The fourth-order valence-electron chi connectivity index (χ4n) is 3.78. The highest BCUT2D eigenvalue weighted by molar-refractivity contribution is 7.92. The number of halogens is 2. The summed E-state index contributed by atoms with van der Waals surface area (Å²) in [6.07, 6.45) is 2.21. The van der Waals surface area contributed by atoms with E-state index in [9.17, 15) is 26.8 Å². The van der Waals surface area contributed by atoms with Gasteiger partial charge < -0.3 is 10.2 Å². The molecule has 1 N–H and O–H groups in total. The van der Waals surface area contributed by atoms with Crippen LogP contribution in [-0.2, 0) is 26.2 Å². The number of nitrogens with one attached hydrogen (secondary N) is 1. The number of hydrogen-bond donors (Lipinski definition) is 1. The van der Waals surface area contributed by atoms with E-state index in [1.54, 1.807) is 0 Å². The molecule has 0 spiro atoms. The maximum absolute atomic E-state index is 13.7. The van der Waals surface area contributed by atoms with Crippen molar-refractivity contribution in [1.29, 1.82) is 0 Å². The van der Waals surface area contributed by atoms with Gasteiger partial charge in [0.05, 0.1) is 11.9 Å². The molecule has 0 fully saturated rings. The quantitative estimate of drug-likeness (QED) is 0.426. The number of carbonyl (C=O) groups excluding carboxylic acids is 2. The Morgan fingerprint density at radius 2 is 1.67 bits per heavy atom. The van der Waals surface area contributed by atoms with Crippen LogP contribution in [0.2, 0.25) is 0 Å². The van der Waals surface area contributed by atoms with Gasteiger partial charge in [-0.05, 0) is 43.9 Å². The molecule has 2 unspecified atom stereocenters. The fourth-order valence-corrected chi connectivity index (χ4v) is 4.74. The number of anilines is 1. The molecule has 0 aliphatic rings. The Hall–Kier alpha value is -3.01. The van der Waals surface area contributed by atoms with Gasteiger partial charge in [-0.1, -0.05) is 44.2 Å². The lowest BCUT2D eigenvalue weighted by Gasteiger charge is -2.32. The monoisotopic (exact) mass is 523 g/mol. The second kappa shape index (κ2) is 13.3. The minimum absolute atomic E-state index is 0.0237. The summed E-state index contributed by atoms with van der Waals surface area (Å²) in [4.78, 5) is 27.8. The van der Waals surface area contributed by atoms with Gasteiger partial charge in [-0.2, -0.15) is 0 Å². The number of benzene rings is 2. The molecule has 7 nitrogen and oxygen atoms in total. The fraction of sp³-hybridized carbons (Fsp3) is 0.462. The van der Waals surface area contributed by atoms with Gasteiger partial charge in [0.1, 0.15) is 6.04 Å². The van der Waals surface area contributed by atoms with Crippen LogP contribution in [0.1, 0.15) is 52.0 Å². The molecule has 2 aromatic carbocycles. The third-order valence-electron chi connectivity index (χ3n) is 5.93. The third-order valence-corrected chi connectivity index (χ3v) is 7.12. The molecule has 0 heterocycles. The Morgan fingerprint density at radius 3 is 2.22 bits per heavy atom. The zero-order valence-corrected chi connectivity index (χ0v) is 22.0. The van der Waals surface area contributed by atoms with Crippen LogP contribution in [0, 0.1) is 11.6 Å². The molecule has 36 heavy (non-hydrogen) atoms. The van der Waals surface area contributed by atoms with Crippen LogP contribution in [0.5, 0.6) is 0 Å². The molecule has 0 aliphatic heterocycles. The summed E-state index contributed by atoms with van der Waals surface area (Å²) in [5, 5.41) is 2.94. The first-order chi connectivity index (χ1) is 17.0. The van der Waals surface area contributed by atoms with Crippen molar-refractivity contribution in [3.8, 4) is 0 Å². The van der Waals surface area contributed by atoms with E-state index in [2.05, 4.69) is 5.32 Å². The molecule has 0 aromatic heterocycles. The zero-order chi connectivity index (χ0) is 26.9. The van der Waals surface area contributed by atoms with Gasteiger partial charge in [-0.25, -0.2) is 17.2 Å². The second-order valence-electron chi connectivity index (χ2n) is 8.79. The Labute approximate surface area is 212 Å².